The highest BCUT2D eigenvalue weighted by molar-refractivity contribution is 9.10. The Balaban J connectivity index is 1.38. The van der Waals surface area contributed by atoms with Crippen LogP contribution in [0.3, 0.4) is 0 Å². The Bertz CT molecular complexity index is 1230. The standard InChI is InChI=1S/C23H22BrN3O3/c24-18-8-9-20-19(15-18)22(29)27(23(30)25-20)12-4-7-21(28)26-13-10-17(11-14-26)16-5-2-1-3-6-16/h1-3,5-6,8-10,15H,4,7,11-14H2,(H,25,30). The van der Waals surface area contributed by atoms with E-state index >= 15 is 0 Å². The van der Waals surface area contributed by atoms with Crippen molar-refractivity contribution in [2.45, 2.75) is 25.8 Å². The summed E-state index contributed by atoms with van der Waals surface area (Å²) in [5.41, 5.74) is 2.19. The molecule has 0 bridgehead atoms. The molecular weight excluding hydrogens is 446 g/mol. The molecule has 30 heavy (non-hydrogen) atoms. The van der Waals surface area contributed by atoms with Gasteiger partial charge in [-0.25, -0.2) is 4.79 Å². The fourth-order valence-electron chi connectivity index (χ4n) is 3.78. The van der Waals surface area contributed by atoms with Crippen molar-refractivity contribution in [3.63, 3.8) is 0 Å². The highest BCUT2D eigenvalue weighted by atomic mass is 79.9. The van der Waals surface area contributed by atoms with E-state index < -0.39 is 5.69 Å². The number of hydrogen-bond donors (Lipinski definition) is 1. The van der Waals surface area contributed by atoms with Gasteiger partial charge in [0.1, 0.15) is 0 Å². The highest BCUT2D eigenvalue weighted by Gasteiger charge is 2.18. The number of H-pyrrole nitrogens is 1. The average molecular weight is 468 g/mol. The molecule has 1 aliphatic rings. The third-order valence-electron chi connectivity index (χ3n) is 5.42. The van der Waals surface area contributed by atoms with Gasteiger partial charge in [0.25, 0.3) is 5.56 Å². The number of carbonyl (C=O) groups is 1. The average Bonchev–Trinajstić information content (AvgIpc) is 2.77. The van der Waals surface area contributed by atoms with Crippen LogP contribution in [-0.2, 0) is 11.3 Å². The van der Waals surface area contributed by atoms with Crippen LogP contribution in [0.2, 0.25) is 0 Å². The number of benzene rings is 2. The number of hydrogen-bond acceptors (Lipinski definition) is 3. The highest BCUT2D eigenvalue weighted by Crippen LogP contribution is 2.22. The smallest absolute Gasteiger partial charge is 0.328 e. The zero-order valence-corrected chi connectivity index (χ0v) is 18.0. The Morgan fingerprint density at radius 3 is 2.63 bits per heavy atom. The van der Waals surface area contributed by atoms with Crippen molar-refractivity contribution in [3.8, 4) is 0 Å². The summed E-state index contributed by atoms with van der Waals surface area (Å²) in [6, 6.07) is 15.4. The molecule has 2 heterocycles. The number of amides is 1. The third kappa shape index (κ3) is 4.31. The van der Waals surface area contributed by atoms with Crippen LogP contribution >= 0.6 is 15.9 Å². The summed E-state index contributed by atoms with van der Waals surface area (Å²) >= 11 is 3.35. The third-order valence-corrected chi connectivity index (χ3v) is 5.92. The fourth-order valence-corrected chi connectivity index (χ4v) is 4.14. The summed E-state index contributed by atoms with van der Waals surface area (Å²) < 4.78 is 1.94. The quantitative estimate of drug-likeness (QED) is 0.623. The summed E-state index contributed by atoms with van der Waals surface area (Å²) in [6.07, 6.45) is 3.67. The minimum Gasteiger partial charge on any atom is -0.339 e. The predicted octanol–water partition coefficient (Wildman–Crippen LogP) is 3.55. The van der Waals surface area contributed by atoms with Crippen molar-refractivity contribution >= 4 is 38.3 Å². The molecule has 154 valence electrons. The molecule has 4 rings (SSSR count). The Hall–Kier alpha value is -2.93. The topological polar surface area (TPSA) is 75.2 Å². The Kier molecular flexibility index (Phi) is 5.99. The first kappa shape index (κ1) is 20.3. The molecule has 2 aromatic carbocycles. The van der Waals surface area contributed by atoms with Gasteiger partial charge in [0.05, 0.1) is 10.9 Å². The molecule has 6 nitrogen and oxygen atoms in total. The lowest BCUT2D eigenvalue weighted by Gasteiger charge is -2.26. The molecule has 1 N–H and O–H groups in total. The number of aromatic amines is 1. The second-order valence-corrected chi connectivity index (χ2v) is 8.28. The fraction of sp³-hybridized carbons (Fsp3) is 0.261. The number of nitrogens with one attached hydrogen (secondary N) is 1. The molecule has 0 unspecified atom stereocenters. The molecule has 1 aromatic heterocycles. The maximum atomic E-state index is 12.7. The van der Waals surface area contributed by atoms with Gasteiger partial charge in [-0.15, -0.1) is 0 Å². The summed E-state index contributed by atoms with van der Waals surface area (Å²) in [6.45, 7) is 1.49. The van der Waals surface area contributed by atoms with Crippen LogP contribution in [0.4, 0.5) is 0 Å². The lowest BCUT2D eigenvalue weighted by atomic mass is 9.99. The molecule has 1 aliphatic heterocycles. The van der Waals surface area contributed by atoms with Crippen molar-refractivity contribution in [1.29, 1.82) is 0 Å². The van der Waals surface area contributed by atoms with Gasteiger partial charge in [0.2, 0.25) is 5.91 Å². The van der Waals surface area contributed by atoms with E-state index in [0.717, 1.165) is 10.9 Å². The van der Waals surface area contributed by atoms with Crippen molar-refractivity contribution < 1.29 is 4.79 Å². The second kappa shape index (κ2) is 8.83. The van der Waals surface area contributed by atoms with Gasteiger partial charge in [-0.1, -0.05) is 52.3 Å². The van der Waals surface area contributed by atoms with Gasteiger partial charge in [-0.3, -0.25) is 14.2 Å². The summed E-state index contributed by atoms with van der Waals surface area (Å²) in [7, 11) is 0. The Labute approximate surface area is 182 Å². The molecule has 0 fully saturated rings. The van der Waals surface area contributed by atoms with Crippen LogP contribution in [0.1, 0.15) is 24.8 Å². The van der Waals surface area contributed by atoms with E-state index in [2.05, 4.69) is 39.1 Å². The first-order valence-corrected chi connectivity index (χ1v) is 10.8. The molecule has 3 aromatic rings. The zero-order chi connectivity index (χ0) is 21.1. The van der Waals surface area contributed by atoms with E-state index in [4.69, 9.17) is 0 Å². The molecular formula is C23H22BrN3O3. The van der Waals surface area contributed by atoms with Crippen LogP contribution in [0.5, 0.6) is 0 Å². The number of fused-ring (bicyclic) bond motifs is 1. The van der Waals surface area contributed by atoms with Crippen LogP contribution in [0.15, 0.2) is 68.7 Å². The number of carbonyl (C=O) groups excluding carboxylic acids is 1. The minimum absolute atomic E-state index is 0.0476. The molecule has 0 saturated carbocycles. The zero-order valence-electron chi connectivity index (χ0n) is 16.4. The Morgan fingerprint density at radius 1 is 1.10 bits per heavy atom. The molecule has 1 amide bonds. The molecule has 0 saturated heterocycles. The van der Waals surface area contributed by atoms with Crippen molar-refractivity contribution in [2.24, 2.45) is 0 Å². The number of halogens is 1. The molecule has 7 heteroatoms. The second-order valence-electron chi connectivity index (χ2n) is 7.37. The minimum atomic E-state index is -0.448. The Morgan fingerprint density at radius 2 is 1.90 bits per heavy atom. The van der Waals surface area contributed by atoms with Crippen LogP contribution in [0.25, 0.3) is 16.5 Å². The van der Waals surface area contributed by atoms with Gasteiger partial charge in [-0.05, 0) is 42.2 Å². The number of nitrogens with zero attached hydrogens (tertiary/aromatic N) is 2. The normalized spacial score (nSPS) is 14.0. The van der Waals surface area contributed by atoms with Crippen molar-refractivity contribution in [1.82, 2.24) is 14.5 Å². The number of rotatable bonds is 5. The van der Waals surface area contributed by atoms with Crippen molar-refractivity contribution in [3.05, 3.63) is 85.5 Å². The van der Waals surface area contributed by atoms with Gasteiger partial charge in [0, 0.05) is 30.5 Å². The monoisotopic (exact) mass is 467 g/mol. The first-order valence-electron chi connectivity index (χ1n) is 9.97. The van der Waals surface area contributed by atoms with Crippen LogP contribution < -0.4 is 11.2 Å². The van der Waals surface area contributed by atoms with Crippen LogP contribution in [-0.4, -0.2) is 33.4 Å². The molecule has 0 aliphatic carbocycles. The summed E-state index contributed by atoms with van der Waals surface area (Å²) in [5, 5.41) is 0.449. The van der Waals surface area contributed by atoms with E-state index in [1.165, 1.54) is 15.7 Å². The molecule has 0 radical (unpaired) electrons. The SMILES string of the molecule is O=C(CCCn1c(=O)[nH]c2ccc(Br)cc2c1=O)N1CC=C(c2ccccc2)CC1. The predicted molar refractivity (Wildman–Crippen MR) is 121 cm³/mol. The van der Waals surface area contributed by atoms with E-state index in [0.29, 0.717) is 36.8 Å². The number of aromatic nitrogens is 2. The summed E-state index contributed by atoms with van der Waals surface area (Å²) in [4.78, 5) is 42.1. The lowest BCUT2D eigenvalue weighted by molar-refractivity contribution is -0.130. The van der Waals surface area contributed by atoms with Gasteiger partial charge in [-0.2, -0.15) is 0 Å². The molecule has 0 spiro atoms. The van der Waals surface area contributed by atoms with Gasteiger partial charge in [0.15, 0.2) is 0 Å². The maximum absolute atomic E-state index is 12.7. The largest absolute Gasteiger partial charge is 0.339 e. The molecule has 0 atom stereocenters. The van der Waals surface area contributed by atoms with E-state index in [1.54, 1.807) is 18.2 Å². The first-order chi connectivity index (χ1) is 14.5. The van der Waals surface area contributed by atoms with Gasteiger partial charge < -0.3 is 9.88 Å². The van der Waals surface area contributed by atoms with Crippen molar-refractivity contribution in [2.75, 3.05) is 13.1 Å². The van der Waals surface area contributed by atoms with E-state index in [9.17, 15) is 14.4 Å². The maximum Gasteiger partial charge on any atom is 0.328 e. The summed E-state index contributed by atoms with van der Waals surface area (Å²) in [5.74, 6) is 0.0476. The van der Waals surface area contributed by atoms with Gasteiger partial charge >= 0.3 is 5.69 Å². The van der Waals surface area contributed by atoms with E-state index in [-0.39, 0.29) is 18.0 Å². The van der Waals surface area contributed by atoms with Crippen LogP contribution in [0, 0.1) is 0 Å². The lowest BCUT2D eigenvalue weighted by Crippen LogP contribution is -2.37. The van der Waals surface area contributed by atoms with E-state index in [1.807, 2.05) is 23.1 Å².